The molecule has 4 rings (SSSR count). The second-order valence-corrected chi connectivity index (χ2v) is 8.31. The zero-order valence-corrected chi connectivity index (χ0v) is 17.5. The van der Waals surface area contributed by atoms with Gasteiger partial charge >= 0.3 is 6.09 Å². The topological polar surface area (TPSA) is 60.5 Å². The third-order valence-corrected chi connectivity index (χ3v) is 6.39. The van der Waals surface area contributed by atoms with Gasteiger partial charge in [0.1, 0.15) is 6.10 Å². The lowest BCUT2D eigenvalue weighted by atomic mass is 9.91. The number of hydrogen-bond acceptors (Lipinski definition) is 6. The average molecular weight is 405 g/mol. The van der Waals surface area contributed by atoms with Gasteiger partial charge in [0, 0.05) is 32.2 Å². The molecular weight excluding hydrogens is 372 g/mol. The largest absolute Gasteiger partial charge is 0.454 e. The van der Waals surface area contributed by atoms with Crippen molar-refractivity contribution >= 4 is 6.09 Å². The van der Waals surface area contributed by atoms with E-state index in [1.807, 2.05) is 32.2 Å². The molecule has 7 nitrogen and oxygen atoms in total. The minimum Gasteiger partial charge on any atom is -0.454 e. The van der Waals surface area contributed by atoms with Crippen LogP contribution in [0.25, 0.3) is 0 Å². The van der Waals surface area contributed by atoms with Gasteiger partial charge < -0.3 is 23.8 Å². The van der Waals surface area contributed by atoms with Gasteiger partial charge in [-0.2, -0.15) is 0 Å². The monoisotopic (exact) mass is 404 g/mol. The maximum absolute atomic E-state index is 12.6. The Labute approximate surface area is 172 Å². The predicted molar refractivity (Wildman–Crippen MR) is 108 cm³/mol. The van der Waals surface area contributed by atoms with Crippen LogP contribution < -0.4 is 9.47 Å². The fourth-order valence-corrected chi connectivity index (χ4v) is 4.42. The maximum atomic E-state index is 12.6. The fraction of sp³-hybridized carbons (Fsp3) is 0.682. The van der Waals surface area contributed by atoms with Crippen LogP contribution in [-0.4, -0.2) is 74.2 Å². The number of ether oxygens (including phenoxy) is 4. The minimum atomic E-state index is -0.229. The molecule has 1 aromatic carbocycles. The van der Waals surface area contributed by atoms with Crippen molar-refractivity contribution in [3.8, 4) is 11.5 Å². The molecule has 0 spiro atoms. The molecule has 7 heteroatoms. The maximum Gasteiger partial charge on any atom is 0.410 e. The Balaban J connectivity index is 1.23. The molecule has 1 saturated heterocycles. The van der Waals surface area contributed by atoms with Crippen LogP contribution in [0.3, 0.4) is 0 Å². The first-order chi connectivity index (χ1) is 14.1. The molecular formula is C22H32N2O5. The first kappa shape index (κ1) is 20.3. The number of carbonyl (C=O) groups is 1. The Kier molecular flexibility index (Phi) is 6.45. The summed E-state index contributed by atoms with van der Waals surface area (Å²) in [7, 11) is 1.82. The van der Waals surface area contributed by atoms with Crippen LogP contribution in [-0.2, 0) is 15.9 Å². The third-order valence-electron chi connectivity index (χ3n) is 6.39. The van der Waals surface area contributed by atoms with E-state index < -0.39 is 0 Å². The number of nitrogens with zero attached hydrogens (tertiary/aromatic N) is 2. The number of fused-ring (bicyclic) bond motifs is 1. The predicted octanol–water partition coefficient (Wildman–Crippen LogP) is 3.06. The summed E-state index contributed by atoms with van der Waals surface area (Å²) in [5.74, 6) is 1.55. The highest BCUT2D eigenvalue weighted by atomic mass is 16.7. The first-order valence-corrected chi connectivity index (χ1v) is 10.7. The molecule has 1 atom stereocenters. The minimum absolute atomic E-state index is 0.0278. The molecule has 2 heterocycles. The van der Waals surface area contributed by atoms with E-state index in [0.717, 1.165) is 75.5 Å². The number of rotatable bonds is 5. The first-order valence-electron chi connectivity index (χ1n) is 10.7. The van der Waals surface area contributed by atoms with Crippen LogP contribution in [0.15, 0.2) is 18.2 Å². The summed E-state index contributed by atoms with van der Waals surface area (Å²) in [6.07, 6.45) is 4.61. The van der Waals surface area contributed by atoms with Crippen molar-refractivity contribution in [2.45, 2.75) is 57.2 Å². The molecule has 3 aliphatic rings. The van der Waals surface area contributed by atoms with Crippen LogP contribution >= 0.6 is 0 Å². The number of likely N-dealkylation sites (N-methyl/N-ethyl adjacent to an activating group) is 1. The molecule has 1 unspecified atom stereocenters. The summed E-state index contributed by atoms with van der Waals surface area (Å²) in [5.41, 5.74) is 1.12. The lowest BCUT2D eigenvalue weighted by molar-refractivity contribution is -0.0112. The van der Waals surface area contributed by atoms with Crippen molar-refractivity contribution in [2.75, 3.05) is 40.1 Å². The summed E-state index contributed by atoms with van der Waals surface area (Å²) in [6, 6.07) is 6.58. The van der Waals surface area contributed by atoms with E-state index in [0.29, 0.717) is 6.04 Å². The van der Waals surface area contributed by atoms with Gasteiger partial charge in [-0.3, -0.25) is 4.90 Å². The summed E-state index contributed by atoms with van der Waals surface area (Å²) in [4.78, 5) is 16.9. The van der Waals surface area contributed by atoms with E-state index in [2.05, 4.69) is 4.90 Å². The molecule has 0 aromatic heterocycles. The molecule has 1 amide bonds. The molecule has 0 radical (unpaired) electrons. The zero-order chi connectivity index (χ0) is 20.2. The molecule has 0 N–H and O–H groups in total. The van der Waals surface area contributed by atoms with Gasteiger partial charge in [0.2, 0.25) is 6.79 Å². The van der Waals surface area contributed by atoms with Gasteiger partial charge in [0.15, 0.2) is 11.5 Å². The van der Waals surface area contributed by atoms with E-state index in [1.165, 1.54) is 0 Å². The molecule has 0 bridgehead atoms. The van der Waals surface area contributed by atoms with Crippen molar-refractivity contribution in [3.63, 3.8) is 0 Å². The fourth-order valence-electron chi connectivity index (χ4n) is 4.42. The van der Waals surface area contributed by atoms with E-state index >= 15 is 0 Å². The summed E-state index contributed by atoms with van der Waals surface area (Å²) in [6.45, 7) is 6.03. The Morgan fingerprint density at radius 2 is 1.90 bits per heavy atom. The Morgan fingerprint density at radius 3 is 2.66 bits per heavy atom. The van der Waals surface area contributed by atoms with Crippen LogP contribution in [0.5, 0.6) is 11.5 Å². The number of amides is 1. The standard InChI is InChI=1S/C22H32N2O5/c1-16(13-17-3-8-20-21(14-17)28-15-27-20)23(2)22(25)29-19-6-4-18(5-7-19)24-9-11-26-12-10-24/h3,8,14,16,18-19H,4-7,9-13,15H2,1-2H3. The van der Waals surface area contributed by atoms with E-state index in [9.17, 15) is 4.79 Å². The lowest BCUT2D eigenvalue weighted by Crippen LogP contribution is -2.46. The Bertz CT molecular complexity index is 698. The quantitative estimate of drug-likeness (QED) is 0.752. The molecule has 1 aromatic rings. The number of morpholine rings is 1. The van der Waals surface area contributed by atoms with Crippen LogP contribution in [0.1, 0.15) is 38.2 Å². The van der Waals surface area contributed by atoms with Crippen molar-refractivity contribution in [2.24, 2.45) is 0 Å². The van der Waals surface area contributed by atoms with Crippen molar-refractivity contribution in [1.82, 2.24) is 9.80 Å². The second-order valence-electron chi connectivity index (χ2n) is 8.31. The van der Waals surface area contributed by atoms with E-state index in [1.54, 1.807) is 4.90 Å². The smallest absolute Gasteiger partial charge is 0.410 e. The SMILES string of the molecule is CC(Cc1ccc2c(c1)OCO2)N(C)C(=O)OC1CCC(N2CCOCC2)CC1. The van der Waals surface area contributed by atoms with Crippen molar-refractivity contribution in [1.29, 1.82) is 0 Å². The van der Waals surface area contributed by atoms with E-state index in [4.69, 9.17) is 18.9 Å². The molecule has 1 aliphatic carbocycles. The van der Waals surface area contributed by atoms with Gasteiger partial charge in [0.25, 0.3) is 0 Å². The zero-order valence-electron chi connectivity index (χ0n) is 17.5. The van der Waals surface area contributed by atoms with Gasteiger partial charge in [-0.1, -0.05) is 6.07 Å². The molecule has 2 fully saturated rings. The van der Waals surface area contributed by atoms with Gasteiger partial charge in [-0.15, -0.1) is 0 Å². The molecule has 1 saturated carbocycles. The summed E-state index contributed by atoms with van der Waals surface area (Å²) >= 11 is 0. The molecule has 160 valence electrons. The molecule has 29 heavy (non-hydrogen) atoms. The van der Waals surface area contributed by atoms with Crippen LogP contribution in [0.2, 0.25) is 0 Å². The molecule has 2 aliphatic heterocycles. The van der Waals surface area contributed by atoms with Crippen LogP contribution in [0.4, 0.5) is 4.79 Å². The summed E-state index contributed by atoms with van der Waals surface area (Å²) < 4.78 is 22.1. The highest BCUT2D eigenvalue weighted by molar-refractivity contribution is 5.68. The second kappa shape index (κ2) is 9.22. The third kappa shape index (κ3) is 4.95. The van der Waals surface area contributed by atoms with Crippen molar-refractivity contribution in [3.05, 3.63) is 23.8 Å². The normalized spacial score (nSPS) is 25.4. The summed E-state index contributed by atoms with van der Waals surface area (Å²) in [5, 5.41) is 0. The number of benzene rings is 1. The highest BCUT2D eigenvalue weighted by Crippen LogP contribution is 2.33. The average Bonchev–Trinajstić information content (AvgIpc) is 3.22. The number of hydrogen-bond donors (Lipinski definition) is 0. The Hall–Kier alpha value is -1.99. The Morgan fingerprint density at radius 1 is 1.17 bits per heavy atom. The van der Waals surface area contributed by atoms with Crippen LogP contribution in [0, 0.1) is 0 Å². The van der Waals surface area contributed by atoms with Gasteiger partial charge in [-0.05, 0) is 56.7 Å². The highest BCUT2D eigenvalue weighted by Gasteiger charge is 2.30. The number of carbonyl (C=O) groups excluding carboxylic acids is 1. The van der Waals surface area contributed by atoms with Gasteiger partial charge in [-0.25, -0.2) is 4.79 Å². The van der Waals surface area contributed by atoms with Crippen molar-refractivity contribution < 1.29 is 23.7 Å². The van der Waals surface area contributed by atoms with Gasteiger partial charge in [0.05, 0.1) is 13.2 Å². The lowest BCUT2D eigenvalue weighted by Gasteiger charge is -2.38. The van der Waals surface area contributed by atoms with E-state index in [-0.39, 0.29) is 25.0 Å².